The Morgan fingerprint density at radius 2 is 2.00 bits per heavy atom. The molecule has 2 amide bonds. The van der Waals surface area contributed by atoms with Crippen molar-refractivity contribution in [1.82, 2.24) is 9.88 Å². The van der Waals surface area contributed by atoms with E-state index in [0.717, 1.165) is 0 Å². The summed E-state index contributed by atoms with van der Waals surface area (Å²) in [7, 11) is 0. The van der Waals surface area contributed by atoms with Crippen LogP contribution in [0.2, 0.25) is 10.0 Å². The maximum absolute atomic E-state index is 14.2. The van der Waals surface area contributed by atoms with Crippen LogP contribution in [0.15, 0.2) is 29.4 Å². The minimum absolute atomic E-state index is 0. The smallest absolute Gasteiger partial charge is 0.347 e. The number of benzene rings is 1. The van der Waals surface area contributed by atoms with Crippen molar-refractivity contribution < 1.29 is 9.18 Å². The fourth-order valence-corrected chi connectivity index (χ4v) is 3.29. The molecule has 0 bridgehead atoms. The van der Waals surface area contributed by atoms with E-state index in [-0.39, 0.29) is 25.7 Å². The lowest BCUT2D eigenvalue weighted by Crippen LogP contribution is -2.37. The van der Waals surface area contributed by atoms with Crippen LogP contribution in [-0.2, 0) is 13.0 Å². The van der Waals surface area contributed by atoms with E-state index in [1.54, 1.807) is 12.1 Å². The highest BCUT2D eigenvalue weighted by Gasteiger charge is 2.26. The molecule has 138 valence electrons. The van der Waals surface area contributed by atoms with Gasteiger partial charge in [-0.3, -0.25) is 4.98 Å². The molecule has 0 radical (unpaired) electrons. The molecule has 3 rings (SSSR count). The Morgan fingerprint density at radius 1 is 1.27 bits per heavy atom. The number of halogens is 3. The number of amides is 2. The van der Waals surface area contributed by atoms with Crippen LogP contribution < -0.4 is 11.5 Å². The summed E-state index contributed by atoms with van der Waals surface area (Å²) in [5.41, 5.74) is 12.8. The number of guanidine groups is 1. The van der Waals surface area contributed by atoms with Crippen LogP contribution >= 0.6 is 23.2 Å². The zero-order valence-electron chi connectivity index (χ0n) is 13.0. The lowest BCUT2D eigenvalue weighted by Gasteiger charge is -2.29. The van der Waals surface area contributed by atoms with Gasteiger partial charge >= 0.3 is 6.03 Å². The van der Waals surface area contributed by atoms with E-state index in [1.807, 2.05) is 0 Å². The van der Waals surface area contributed by atoms with E-state index in [4.69, 9.17) is 34.7 Å². The van der Waals surface area contributed by atoms with Crippen molar-refractivity contribution in [1.29, 1.82) is 0 Å². The number of fused-ring (bicyclic) bond motifs is 1. The molecule has 0 atom stereocenters. The number of carbonyl (C=O) groups is 1. The van der Waals surface area contributed by atoms with Gasteiger partial charge in [0.2, 0.25) is 0 Å². The van der Waals surface area contributed by atoms with E-state index in [9.17, 15) is 9.18 Å². The number of aliphatic imine (C=N–C) groups is 1. The second-order valence-corrected chi connectivity index (χ2v) is 6.37. The number of nitrogens with two attached hydrogens (primary N) is 2. The number of hydrogen-bond donors (Lipinski definition) is 2. The molecule has 4 N–H and O–H groups in total. The van der Waals surface area contributed by atoms with Gasteiger partial charge in [0.15, 0.2) is 5.96 Å². The van der Waals surface area contributed by atoms with Gasteiger partial charge in [-0.1, -0.05) is 30.6 Å². The number of carbonyl (C=O) groups excluding carboxylic acids is 1. The van der Waals surface area contributed by atoms with Crippen molar-refractivity contribution in [2.24, 2.45) is 16.5 Å². The summed E-state index contributed by atoms with van der Waals surface area (Å²) in [6.07, 6.45) is 1.80. The molecule has 1 aliphatic heterocycles. The average Bonchev–Trinajstić information content (AvgIpc) is 2.55. The second-order valence-electron chi connectivity index (χ2n) is 5.53. The zero-order chi connectivity index (χ0) is 18.1. The molecular weight excluding hydrogens is 380 g/mol. The van der Waals surface area contributed by atoms with Crippen molar-refractivity contribution in [2.45, 2.75) is 20.4 Å². The topological polar surface area (TPSA) is 97.6 Å². The molecular formula is C17H18Cl2FN5O. The maximum Gasteiger partial charge on any atom is 0.347 e. The predicted molar refractivity (Wildman–Crippen MR) is 102 cm³/mol. The first-order valence-electron chi connectivity index (χ1n) is 7.37. The van der Waals surface area contributed by atoms with Crippen LogP contribution in [0.5, 0.6) is 0 Å². The molecule has 0 unspecified atom stereocenters. The quantitative estimate of drug-likeness (QED) is 0.567. The molecule has 0 fully saturated rings. The number of urea groups is 1. The third-order valence-corrected chi connectivity index (χ3v) is 4.41. The minimum Gasteiger partial charge on any atom is -0.370 e. The molecule has 9 heteroatoms. The van der Waals surface area contributed by atoms with Gasteiger partial charge < -0.3 is 16.4 Å². The summed E-state index contributed by atoms with van der Waals surface area (Å²) < 4.78 is 14.2. The van der Waals surface area contributed by atoms with Gasteiger partial charge in [0.05, 0.1) is 15.7 Å². The number of rotatable bonds is 1. The van der Waals surface area contributed by atoms with Crippen LogP contribution in [0.4, 0.5) is 9.18 Å². The highest BCUT2D eigenvalue weighted by molar-refractivity contribution is 6.36. The Hall–Kier alpha value is -2.38. The summed E-state index contributed by atoms with van der Waals surface area (Å²) in [5, 5.41) is 0.739. The van der Waals surface area contributed by atoms with Crippen molar-refractivity contribution in [3.63, 3.8) is 0 Å². The van der Waals surface area contributed by atoms with E-state index in [2.05, 4.69) is 9.98 Å². The predicted octanol–water partition coefficient (Wildman–Crippen LogP) is 3.58. The Balaban J connectivity index is 0.00000243. The number of aromatic nitrogens is 1. The first-order valence-corrected chi connectivity index (χ1v) is 8.12. The summed E-state index contributed by atoms with van der Waals surface area (Å²) in [6, 6.07) is 3.95. The molecule has 1 aromatic heterocycles. The van der Waals surface area contributed by atoms with Crippen molar-refractivity contribution >= 4 is 35.2 Å². The normalized spacial score (nSPS) is 12.8. The average molecular weight is 398 g/mol. The summed E-state index contributed by atoms with van der Waals surface area (Å²) in [4.78, 5) is 21.3. The third kappa shape index (κ3) is 3.89. The van der Waals surface area contributed by atoms with Crippen LogP contribution in [0, 0.1) is 5.82 Å². The minimum atomic E-state index is -0.573. The molecule has 1 aromatic carbocycles. The molecule has 0 spiro atoms. The van der Waals surface area contributed by atoms with Crippen molar-refractivity contribution in [3.8, 4) is 11.3 Å². The number of hydrogen-bond acceptors (Lipinski definition) is 2. The number of nitrogens with zero attached hydrogens (tertiary/aromatic N) is 3. The van der Waals surface area contributed by atoms with Crippen molar-refractivity contribution in [3.05, 3.63) is 51.4 Å². The second kappa shape index (κ2) is 7.88. The molecule has 1 aliphatic rings. The lowest BCUT2D eigenvalue weighted by molar-refractivity contribution is 0.202. The summed E-state index contributed by atoms with van der Waals surface area (Å²) in [5.74, 6) is -0.657. The van der Waals surface area contributed by atoms with Gasteiger partial charge in [0.25, 0.3) is 0 Å². The van der Waals surface area contributed by atoms with Gasteiger partial charge in [-0.2, -0.15) is 4.99 Å². The summed E-state index contributed by atoms with van der Waals surface area (Å²) in [6.45, 7) is 0.462. The molecule has 0 saturated heterocycles. The van der Waals surface area contributed by atoms with Gasteiger partial charge in [-0.05, 0) is 35.7 Å². The molecule has 0 saturated carbocycles. The van der Waals surface area contributed by atoms with E-state index in [1.165, 1.54) is 17.2 Å². The van der Waals surface area contributed by atoms with Crippen LogP contribution in [-0.4, -0.2) is 28.4 Å². The van der Waals surface area contributed by atoms with Crippen molar-refractivity contribution in [2.75, 3.05) is 6.54 Å². The zero-order valence-corrected chi connectivity index (χ0v) is 14.5. The summed E-state index contributed by atoms with van der Waals surface area (Å²) >= 11 is 12.1. The molecule has 6 nitrogen and oxygen atoms in total. The Labute approximate surface area is 160 Å². The van der Waals surface area contributed by atoms with Crippen LogP contribution in [0.3, 0.4) is 0 Å². The monoisotopic (exact) mass is 397 g/mol. The Morgan fingerprint density at radius 3 is 2.65 bits per heavy atom. The van der Waals surface area contributed by atoms with Gasteiger partial charge in [0, 0.05) is 24.8 Å². The lowest BCUT2D eigenvalue weighted by atomic mass is 9.92. The first kappa shape index (κ1) is 19.9. The first-order chi connectivity index (χ1) is 11.9. The van der Waals surface area contributed by atoms with Gasteiger partial charge in [0.1, 0.15) is 5.82 Å². The van der Waals surface area contributed by atoms with Gasteiger partial charge in [-0.25, -0.2) is 9.18 Å². The molecule has 26 heavy (non-hydrogen) atoms. The molecule has 2 aromatic rings. The van der Waals surface area contributed by atoms with Crippen LogP contribution in [0.25, 0.3) is 11.3 Å². The molecule has 0 aliphatic carbocycles. The largest absolute Gasteiger partial charge is 0.370 e. The highest BCUT2D eigenvalue weighted by Crippen LogP contribution is 2.35. The third-order valence-electron chi connectivity index (χ3n) is 3.91. The highest BCUT2D eigenvalue weighted by atomic mass is 35.5. The SMILES string of the molecule is C.NC(N)=NC(=O)N1CCc2c(F)ccc(-c3ncc(Cl)cc3Cl)c2C1. The molecule has 2 heterocycles. The van der Waals surface area contributed by atoms with E-state index in [0.29, 0.717) is 45.4 Å². The number of pyridine rings is 1. The van der Waals surface area contributed by atoms with E-state index >= 15 is 0 Å². The fourth-order valence-electron chi connectivity index (χ4n) is 2.81. The fraction of sp³-hybridized carbons (Fsp3) is 0.235. The standard InChI is InChI=1S/C16H14Cl2FN5O.CH4/c17-8-5-12(18)14(22-6-8)10-1-2-13(19)9-3-4-24(7-11(9)10)16(25)23-15(20)21;/h1-2,5-6H,3-4,7H2,(H4,20,21,23,25);1H4. The Bertz CT molecular complexity index is 884. The van der Waals surface area contributed by atoms with Crippen LogP contribution in [0.1, 0.15) is 18.6 Å². The maximum atomic E-state index is 14.2. The van der Waals surface area contributed by atoms with E-state index < -0.39 is 6.03 Å². The Kier molecular flexibility index (Phi) is 6.05. The van der Waals surface area contributed by atoms with Gasteiger partial charge in [-0.15, -0.1) is 0 Å².